The Morgan fingerprint density at radius 3 is 2.76 bits per heavy atom. The molecule has 1 aromatic rings. The summed E-state index contributed by atoms with van der Waals surface area (Å²) in [5.74, 6) is -0.590. The number of thiophene rings is 1. The zero-order valence-corrected chi connectivity index (χ0v) is 18.4. The van der Waals surface area contributed by atoms with Gasteiger partial charge in [0.1, 0.15) is 6.61 Å². The maximum Gasteiger partial charge on any atom is 0.336 e. The second-order valence-electron chi connectivity index (χ2n) is 9.11. The van der Waals surface area contributed by atoms with Gasteiger partial charge in [-0.3, -0.25) is 4.79 Å². The fourth-order valence-corrected chi connectivity index (χ4v) is 5.62. The van der Waals surface area contributed by atoms with Crippen LogP contribution in [0.2, 0.25) is 0 Å². The molecule has 2 atom stereocenters. The standard InChI is InChI=1S/C23H29NO4S/c1-13-7-8-18(29-13)21-19(22(26)28-12-15-6-5-9-27-15)14(2)24-16-10-23(3,4)11-17(25)20(16)21/h7-8,15,21,24H,5-6,9-12H2,1-4H3/t15-,21+/m1/s1. The molecule has 3 aliphatic rings. The Balaban J connectivity index is 1.69. The van der Waals surface area contributed by atoms with E-state index < -0.39 is 0 Å². The van der Waals surface area contributed by atoms with Crippen LogP contribution in [0.1, 0.15) is 62.1 Å². The van der Waals surface area contributed by atoms with Gasteiger partial charge in [0.25, 0.3) is 0 Å². The normalized spacial score (nSPS) is 26.4. The molecule has 1 aromatic heterocycles. The molecule has 0 bridgehead atoms. The first-order valence-electron chi connectivity index (χ1n) is 10.3. The molecule has 1 saturated heterocycles. The summed E-state index contributed by atoms with van der Waals surface area (Å²) in [5.41, 5.74) is 2.94. The quantitative estimate of drug-likeness (QED) is 0.739. The lowest BCUT2D eigenvalue weighted by molar-refractivity contribution is -0.142. The number of nitrogens with one attached hydrogen (secondary N) is 1. The Labute approximate surface area is 176 Å². The van der Waals surface area contributed by atoms with Gasteiger partial charge < -0.3 is 14.8 Å². The molecule has 1 N–H and O–H groups in total. The second-order valence-corrected chi connectivity index (χ2v) is 10.4. The first kappa shape index (κ1) is 20.4. The van der Waals surface area contributed by atoms with Crippen molar-refractivity contribution in [3.8, 4) is 0 Å². The Morgan fingerprint density at radius 1 is 1.31 bits per heavy atom. The van der Waals surface area contributed by atoms with Gasteiger partial charge in [0, 0.05) is 39.7 Å². The third-order valence-electron chi connectivity index (χ3n) is 5.93. The van der Waals surface area contributed by atoms with Gasteiger partial charge in [-0.1, -0.05) is 13.8 Å². The van der Waals surface area contributed by atoms with E-state index in [1.807, 2.05) is 26.0 Å². The molecule has 5 nitrogen and oxygen atoms in total. The monoisotopic (exact) mass is 415 g/mol. The lowest BCUT2D eigenvalue weighted by Crippen LogP contribution is -2.38. The maximum atomic E-state index is 13.2. The molecule has 0 unspecified atom stereocenters. The fourth-order valence-electron chi connectivity index (χ4n) is 4.62. The van der Waals surface area contributed by atoms with E-state index in [-0.39, 0.29) is 35.8 Å². The van der Waals surface area contributed by atoms with Crippen molar-refractivity contribution in [1.82, 2.24) is 5.32 Å². The van der Waals surface area contributed by atoms with Gasteiger partial charge in [-0.25, -0.2) is 4.79 Å². The first-order chi connectivity index (χ1) is 13.7. The van der Waals surface area contributed by atoms with Crippen molar-refractivity contribution in [3.05, 3.63) is 44.4 Å². The van der Waals surface area contributed by atoms with Crippen LogP contribution in [0.15, 0.2) is 34.7 Å². The summed E-state index contributed by atoms with van der Waals surface area (Å²) in [6.07, 6.45) is 3.19. The van der Waals surface area contributed by atoms with E-state index in [2.05, 4.69) is 19.2 Å². The number of hydrogen-bond acceptors (Lipinski definition) is 6. The lowest BCUT2D eigenvalue weighted by atomic mass is 9.70. The van der Waals surface area contributed by atoms with Crippen LogP contribution < -0.4 is 5.32 Å². The van der Waals surface area contributed by atoms with Gasteiger partial charge in [0.15, 0.2) is 5.78 Å². The van der Waals surface area contributed by atoms with E-state index in [9.17, 15) is 9.59 Å². The number of allylic oxidation sites excluding steroid dienone is 3. The molecule has 0 saturated carbocycles. The van der Waals surface area contributed by atoms with Crippen molar-refractivity contribution in [2.75, 3.05) is 13.2 Å². The van der Waals surface area contributed by atoms with E-state index in [4.69, 9.17) is 9.47 Å². The van der Waals surface area contributed by atoms with Gasteiger partial charge in [-0.2, -0.15) is 0 Å². The van der Waals surface area contributed by atoms with Crippen molar-refractivity contribution in [3.63, 3.8) is 0 Å². The van der Waals surface area contributed by atoms with E-state index in [1.165, 1.54) is 0 Å². The third-order valence-corrected chi connectivity index (χ3v) is 7.00. The highest BCUT2D eigenvalue weighted by Crippen LogP contribution is 2.48. The average molecular weight is 416 g/mol. The SMILES string of the molecule is CC1=C(C(=O)OC[C@H]2CCCO2)[C@H](c2ccc(C)s2)C2=C(CC(C)(C)CC2=O)N1. The van der Waals surface area contributed by atoms with E-state index in [0.717, 1.165) is 52.6 Å². The zero-order valence-electron chi connectivity index (χ0n) is 17.6. The van der Waals surface area contributed by atoms with Crippen molar-refractivity contribution in [2.45, 2.75) is 65.4 Å². The number of ether oxygens (including phenoxy) is 2. The number of esters is 1. The van der Waals surface area contributed by atoms with Crippen molar-refractivity contribution in [2.24, 2.45) is 5.41 Å². The largest absolute Gasteiger partial charge is 0.459 e. The highest BCUT2D eigenvalue weighted by atomic mass is 32.1. The number of carbonyl (C=O) groups is 2. The lowest BCUT2D eigenvalue weighted by Gasteiger charge is -2.39. The van der Waals surface area contributed by atoms with Crippen molar-refractivity contribution >= 4 is 23.1 Å². The summed E-state index contributed by atoms with van der Waals surface area (Å²) in [6.45, 7) is 9.17. The van der Waals surface area contributed by atoms with Crippen molar-refractivity contribution < 1.29 is 19.1 Å². The zero-order chi connectivity index (χ0) is 20.8. The van der Waals surface area contributed by atoms with Crippen LogP contribution in [0.4, 0.5) is 0 Å². The van der Waals surface area contributed by atoms with Gasteiger partial charge in [-0.15, -0.1) is 11.3 Å². The Bertz CT molecular complexity index is 902. The average Bonchev–Trinajstić information content (AvgIpc) is 3.28. The van der Waals surface area contributed by atoms with Crippen LogP contribution in [0.25, 0.3) is 0 Å². The minimum Gasteiger partial charge on any atom is -0.459 e. The van der Waals surface area contributed by atoms with Crippen LogP contribution in [0, 0.1) is 12.3 Å². The number of dihydropyridines is 1. The van der Waals surface area contributed by atoms with Crippen molar-refractivity contribution in [1.29, 1.82) is 0 Å². The molecule has 1 aliphatic carbocycles. The highest BCUT2D eigenvalue weighted by molar-refractivity contribution is 7.12. The highest BCUT2D eigenvalue weighted by Gasteiger charge is 2.43. The molecule has 0 aromatic carbocycles. The molecule has 29 heavy (non-hydrogen) atoms. The number of ketones is 1. The van der Waals surface area contributed by atoms with Crippen LogP contribution >= 0.6 is 11.3 Å². The molecule has 3 heterocycles. The molecular formula is C23H29NO4S. The molecule has 0 spiro atoms. The summed E-state index contributed by atoms with van der Waals surface area (Å²) in [6, 6.07) is 4.08. The van der Waals surface area contributed by atoms with Crippen LogP contribution in [-0.4, -0.2) is 31.1 Å². The molecule has 0 radical (unpaired) electrons. The van der Waals surface area contributed by atoms with E-state index >= 15 is 0 Å². The molecule has 0 amide bonds. The first-order valence-corrected chi connectivity index (χ1v) is 11.2. The molecule has 2 aliphatic heterocycles. The molecule has 1 fully saturated rings. The number of rotatable bonds is 4. The Kier molecular flexibility index (Phi) is 5.42. The third kappa shape index (κ3) is 4.05. The Morgan fingerprint density at radius 2 is 2.10 bits per heavy atom. The maximum absolute atomic E-state index is 13.2. The topological polar surface area (TPSA) is 64.6 Å². The predicted molar refractivity (Wildman–Crippen MR) is 113 cm³/mol. The second kappa shape index (κ2) is 7.73. The van der Waals surface area contributed by atoms with Gasteiger partial charge in [-0.05, 0) is 50.7 Å². The Hall–Kier alpha value is -1.92. The smallest absolute Gasteiger partial charge is 0.336 e. The fraction of sp³-hybridized carbons (Fsp3) is 0.565. The van der Waals surface area contributed by atoms with Gasteiger partial charge >= 0.3 is 5.97 Å². The number of carbonyl (C=O) groups excluding carboxylic acids is 2. The number of aryl methyl sites for hydroxylation is 1. The van der Waals surface area contributed by atoms with E-state index in [0.29, 0.717) is 12.0 Å². The minimum absolute atomic E-state index is 0.0225. The summed E-state index contributed by atoms with van der Waals surface area (Å²) >= 11 is 1.64. The van der Waals surface area contributed by atoms with Crippen LogP contribution in [-0.2, 0) is 19.1 Å². The van der Waals surface area contributed by atoms with Gasteiger partial charge in [0.05, 0.1) is 17.6 Å². The van der Waals surface area contributed by atoms with Crippen LogP contribution in [0.5, 0.6) is 0 Å². The van der Waals surface area contributed by atoms with Crippen LogP contribution in [0.3, 0.4) is 0 Å². The summed E-state index contributed by atoms with van der Waals surface area (Å²) in [7, 11) is 0. The summed E-state index contributed by atoms with van der Waals surface area (Å²) < 4.78 is 11.2. The molecule has 6 heteroatoms. The summed E-state index contributed by atoms with van der Waals surface area (Å²) in [5, 5.41) is 3.38. The van der Waals surface area contributed by atoms with Gasteiger partial charge in [0.2, 0.25) is 0 Å². The minimum atomic E-state index is -0.356. The predicted octanol–water partition coefficient (Wildman–Crippen LogP) is 4.38. The molecular weight excluding hydrogens is 386 g/mol. The molecule has 156 valence electrons. The summed E-state index contributed by atoms with van der Waals surface area (Å²) in [4.78, 5) is 28.5. The van der Waals surface area contributed by atoms with E-state index in [1.54, 1.807) is 11.3 Å². The number of Topliss-reactive ketones (excluding diaryl/α,β-unsaturated/α-hetero) is 1. The number of hydrogen-bond donors (Lipinski definition) is 1. The molecule has 4 rings (SSSR count).